The summed E-state index contributed by atoms with van der Waals surface area (Å²) >= 11 is 7.32. The number of amides is 1. The Morgan fingerprint density at radius 1 is 1.10 bits per heavy atom. The molecule has 0 saturated carbocycles. The van der Waals surface area contributed by atoms with E-state index in [4.69, 9.17) is 25.8 Å². The molecule has 0 spiro atoms. The maximum Gasteiger partial charge on any atom is 0.234 e. The number of para-hydroxylation sites is 2. The lowest BCUT2D eigenvalue weighted by molar-refractivity contribution is -0.113. The van der Waals surface area contributed by atoms with Gasteiger partial charge in [0.05, 0.1) is 37.8 Å². The highest BCUT2D eigenvalue weighted by Gasteiger charge is 2.16. The quantitative estimate of drug-likeness (QED) is 0.539. The number of methoxy groups -OCH3 is 3. The highest BCUT2D eigenvalue weighted by molar-refractivity contribution is 7.99. The first kappa shape index (κ1) is 20.7. The van der Waals surface area contributed by atoms with E-state index in [1.165, 1.54) is 30.7 Å². The summed E-state index contributed by atoms with van der Waals surface area (Å²) in [6, 6.07) is 10.5. The minimum absolute atomic E-state index is 0.0718. The van der Waals surface area contributed by atoms with Crippen molar-refractivity contribution in [1.82, 2.24) is 20.2 Å². The van der Waals surface area contributed by atoms with Gasteiger partial charge >= 0.3 is 0 Å². The van der Waals surface area contributed by atoms with E-state index in [-0.39, 0.29) is 11.7 Å². The van der Waals surface area contributed by atoms with Gasteiger partial charge in [-0.25, -0.2) is 0 Å². The van der Waals surface area contributed by atoms with Crippen molar-refractivity contribution in [2.75, 3.05) is 32.4 Å². The van der Waals surface area contributed by atoms with Gasteiger partial charge in [0.1, 0.15) is 22.9 Å². The van der Waals surface area contributed by atoms with Crippen LogP contribution in [0.3, 0.4) is 0 Å². The Hall–Kier alpha value is -2.98. The van der Waals surface area contributed by atoms with Gasteiger partial charge in [0.15, 0.2) is 0 Å². The molecule has 0 unspecified atom stereocenters. The van der Waals surface area contributed by atoms with E-state index in [0.717, 1.165) is 0 Å². The number of carbonyl (C=O) groups is 1. The minimum atomic E-state index is -0.274. The predicted octanol–water partition coefficient (Wildman–Crippen LogP) is 3.07. The number of nitrogens with zero attached hydrogens (tertiary/aromatic N) is 4. The number of hydrogen-bond acceptors (Lipinski definition) is 8. The summed E-state index contributed by atoms with van der Waals surface area (Å²) in [6.07, 6.45) is 0. The van der Waals surface area contributed by atoms with Gasteiger partial charge in [0.2, 0.25) is 11.1 Å². The molecule has 0 aliphatic carbocycles. The molecule has 0 fully saturated rings. The van der Waals surface area contributed by atoms with Crippen molar-refractivity contribution >= 4 is 35.0 Å². The number of ether oxygens (including phenoxy) is 3. The number of carbonyl (C=O) groups excluding carboxylic acids is 1. The van der Waals surface area contributed by atoms with E-state index in [0.29, 0.717) is 38.8 Å². The lowest BCUT2D eigenvalue weighted by atomic mass is 10.2. The van der Waals surface area contributed by atoms with Crippen LogP contribution in [0.25, 0.3) is 5.69 Å². The van der Waals surface area contributed by atoms with Crippen LogP contribution in [0.2, 0.25) is 5.02 Å². The normalized spacial score (nSPS) is 10.5. The SMILES string of the molecule is COc1cc(OC)c(NC(=O)CSc2nnnn2-c2ccccc2OC)cc1Cl. The van der Waals surface area contributed by atoms with E-state index in [2.05, 4.69) is 20.8 Å². The molecule has 29 heavy (non-hydrogen) atoms. The molecule has 0 aliphatic heterocycles. The highest BCUT2D eigenvalue weighted by Crippen LogP contribution is 2.36. The fourth-order valence-corrected chi connectivity index (χ4v) is 3.42. The van der Waals surface area contributed by atoms with Crippen molar-refractivity contribution in [1.29, 1.82) is 0 Å². The van der Waals surface area contributed by atoms with Crippen molar-refractivity contribution in [3.63, 3.8) is 0 Å². The molecule has 0 saturated heterocycles. The maximum absolute atomic E-state index is 12.4. The van der Waals surface area contributed by atoms with E-state index < -0.39 is 0 Å². The molecule has 9 nitrogen and oxygen atoms in total. The second kappa shape index (κ2) is 9.48. The molecule has 2 aromatic carbocycles. The average molecular weight is 436 g/mol. The van der Waals surface area contributed by atoms with E-state index in [1.54, 1.807) is 25.3 Å². The number of rotatable bonds is 8. The molecular weight excluding hydrogens is 418 g/mol. The van der Waals surface area contributed by atoms with Gasteiger partial charge in [-0.2, -0.15) is 4.68 Å². The van der Waals surface area contributed by atoms with Gasteiger partial charge < -0.3 is 19.5 Å². The Morgan fingerprint density at radius 3 is 2.55 bits per heavy atom. The lowest BCUT2D eigenvalue weighted by Crippen LogP contribution is -2.15. The van der Waals surface area contributed by atoms with Crippen molar-refractivity contribution in [2.24, 2.45) is 0 Å². The summed E-state index contributed by atoms with van der Waals surface area (Å²) in [5.74, 6) is 1.30. The topological polar surface area (TPSA) is 100 Å². The zero-order valence-corrected chi connectivity index (χ0v) is 17.5. The predicted molar refractivity (Wildman–Crippen MR) is 110 cm³/mol. The molecule has 1 N–H and O–H groups in total. The van der Waals surface area contributed by atoms with Crippen LogP contribution in [-0.2, 0) is 4.79 Å². The number of anilines is 1. The Morgan fingerprint density at radius 2 is 1.83 bits per heavy atom. The second-order valence-corrected chi connectivity index (χ2v) is 6.92. The van der Waals surface area contributed by atoms with Crippen molar-refractivity contribution in [3.05, 3.63) is 41.4 Å². The standard InChI is InChI=1S/C18H18ClN5O4S/c1-26-14-7-5-4-6-13(14)24-18(21-22-23-24)29-10-17(25)20-12-8-11(19)15(27-2)9-16(12)28-3/h4-9H,10H2,1-3H3,(H,20,25). The fraction of sp³-hybridized carbons (Fsp3) is 0.222. The zero-order valence-electron chi connectivity index (χ0n) is 15.9. The lowest BCUT2D eigenvalue weighted by Gasteiger charge is -2.13. The minimum Gasteiger partial charge on any atom is -0.495 e. The average Bonchev–Trinajstić information content (AvgIpc) is 3.21. The first-order chi connectivity index (χ1) is 14.1. The van der Waals surface area contributed by atoms with Gasteiger partial charge in [-0.05, 0) is 28.6 Å². The smallest absolute Gasteiger partial charge is 0.234 e. The van der Waals surface area contributed by atoms with Crippen LogP contribution >= 0.6 is 23.4 Å². The Kier molecular flexibility index (Phi) is 6.78. The van der Waals surface area contributed by atoms with Gasteiger partial charge in [-0.1, -0.05) is 35.5 Å². The van der Waals surface area contributed by atoms with Crippen molar-refractivity contribution < 1.29 is 19.0 Å². The molecule has 1 heterocycles. The third-order valence-electron chi connectivity index (χ3n) is 3.83. The number of nitrogens with one attached hydrogen (secondary N) is 1. The summed E-state index contributed by atoms with van der Waals surface area (Å²) in [4.78, 5) is 12.4. The first-order valence-corrected chi connectivity index (χ1v) is 9.69. The Balaban J connectivity index is 1.72. The van der Waals surface area contributed by atoms with Crippen molar-refractivity contribution in [3.8, 4) is 22.9 Å². The van der Waals surface area contributed by atoms with Crippen molar-refractivity contribution in [2.45, 2.75) is 5.16 Å². The highest BCUT2D eigenvalue weighted by atomic mass is 35.5. The maximum atomic E-state index is 12.4. The monoisotopic (exact) mass is 435 g/mol. The van der Waals surface area contributed by atoms with E-state index in [1.807, 2.05) is 18.2 Å². The molecule has 3 rings (SSSR count). The molecule has 0 bridgehead atoms. The fourth-order valence-electron chi connectivity index (χ4n) is 2.50. The number of tetrazole rings is 1. The third kappa shape index (κ3) is 4.72. The van der Waals surface area contributed by atoms with E-state index >= 15 is 0 Å². The number of benzene rings is 2. The second-order valence-electron chi connectivity index (χ2n) is 5.57. The largest absolute Gasteiger partial charge is 0.495 e. The molecule has 0 aliphatic rings. The molecule has 11 heteroatoms. The van der Waals surface area contributed by atoms with Crippen LogP contribution in [0.15, 0.2) is 41.6 Å². The molecule has 1 aromatic heterocycles. The van der Waals surface area contributed by atoms with E-state index in [9.17, 15) is 4.79 Å². The first-order valence-electron chi connectivity index (χ1n) is 8.33. The summed E-state index contributed by atoms with van der Waals surface area (Å²) in [5.41, 5.74) is 1.11. The van der Waals surface area contributed by atoms with Gasteiger partial charge in [0, 0.05) is 6.07 Å². The summed E-state index contributed by atoms with van der Waals surface area (Å²) in [5, 5.41) is 15.2. The number of aromatic nitrogens is 4. The molecule has 0 atom stereocenters. The Bertz CT molecular complexity index is 1010. The van der Waals surface area contributed by atoms with Gasteiger partial charge in [-0.3, -0.25) is 4.79 Å². The van der Waals surface area contributed by atoms with Gasteiger partial charge in [-0.15, -0.1) is 5.10 Å². The Labute approximate surface area is 176 Å². The van der Waals surface area contributed by atoms with Gasteiger partial charge in [0.25, 0.3) is 0 Å². The van der Waals surface area contributed by atoms with Crippen LogP contribution < -0.4 is 19.5 Å². The molecule has 152 valence electrons. The number of thioether (sulfide) groups is 1. The molecule has 3 aromatic rings. The summed E-state index contributed by atoms with van der Waals surface area (Å²) < 4.78 is 17.3. The summed E-state index contributed by atoms with van der Waals surface area (Å²) in [7, 11) is 4.56. The molecule has 0 radical (unpaired) electrons. The van der Waals surface area contributed by atoms with Crippen LogP contribution in [0, 0.1) is 0 Å². The zero-order chi connectivity index (χ0) is 20.8. The molecule has 1 amide bonds. The molecular formula is C18H18ClN5O4S. The van der Waals surface area contributed by atoms with Crippen LogP contribution in [0.1, 0.15) is 0 Å². The third-order valence-corrected chi connectivity index (χ3v) is 5.05. The van der Waals surface area contributed by atoms with Crippen LogP contribution in [0.5, 0.6) is 17.2 Å². The number of hydrogen-bond donors (Lipinski definition) is 1. The van der Waals surface area contributed by atoms with Crippen LogP contribution in [0.4, 0.5) is 5.69 Å². The summed E-state index contributed by atoms with van der Waals surface area (Å²) in [6.45, 7) is 0. The number of halogens is 1. The van der Waals surface area contributed by atoms with Crippen LogP contribution in [-0.4, -0.2) is 53.2 Å².